The zero-order valence-corrected chi connectivity index (χ0v) is 21.1. The molecule has 1 N–H and O–H groups in total. The molecule has 0 saturated carbocycles. The highest BCUT2D eigenvalue weighted by Crippen LogP contribution is 2.56. The topological polar surface area (TPSA) is 84.9 Å². The van der Waals surface area contributed by atoms with E-state index in [1.165, 1.54) is 22.0 Å². The molecule has 2 aliphatic heterocycles. The number of esters is 1. The van der Waals surface area contributed by atoms with E-state index in [0.717, 1.165) is 0 Å². The van der Waals surface area contributed by atoms with Crippen molar-refractivity contribution in [1.29, 1.82) is 0 Å². The summed E-state index contributed by atoms with van der Waals surface area (Å²) in [5, 5.41) is 3.67. The van der Waals surface area contributed by atoms with Gasteiger partial charge in [-0.3, -0.25) is 9.59 Å². The van der Waals surface area contributed by atoms with Crippen molar-refractivity contribution in [3.63, 3.8) is 0 Å². The normalized spacial score (nSPS) is 26.0. The van der Waals surface area contributed by atoms with Gasteiger partial charge in [0.25, 0.3) is 11.8 Å². The summed E-state index contributed by atoms with van der Waals surface area (Å²) in [5.74, 6) is -1.05. The molecule has 0 spiro atoms. The molecule has 32 heavy (non-hydrogen) atoms. The van der Waals surface area contributed by atoms with Crippen LogP contribution in [0.2, 0.25) is 0 Å². The van der Waals surface area contributed by atoms with Crippen LogP contribution in [0.1, 0.15) is 20.3 Å². The van der Waals surface area contributed by atoms with Gasteiger partial charge in [-0.05, 0) is 31.3 Å². The number of carbonyl (C=O) groups is 3. The summed E-state index contributed by atoms with van der Waals surface area (Å²) in [6.45, 7) is 2.91. The molecule has 0 unspecified atom stereocenters. The third-order valence-electron chi connectivity index (χ3n) is 5.12. The van der Waals surface area contributed by atoms with Gasteiger partial charge in [-0.2, -0.15) is 0 Å². The van der Waals surface area contributed by atoms with Crippen molar-refractivity contribution >= 4 is 81.9 Å². The number of para-hydroxylation sites is 1. The summed E-state index contributed by atoms with van der Waals surface area (Å²) >= 11 is 23.4. The van der Waals surface area contributed by atoms with Gasteiger partial charge in [-0.1, -0.05) is 65.2 Å². The highest BCUT2D eigenvalue weighted by Gasteiger charge is 2.71. The number of carbonyl (C=O) groups excluding carboxylic acids is 3. The Hall–Kier alpha value is -1.26. The fourth-order valence-corrected chi connectivity index (χ4v) is 5.91. The highest BCUT2D eigenvalue weighted by atomic mass is 35.6. The van der Waals surface area contributed by atoms with E-state index in [1.807, 2.05) is 19.9 Å². The molecule has 2 fully saturated rings. The van der Waals surface area contributed by atoms with E-state index < -0.39 is 49.9 Å². The average Bonchev–Trinajstić information content (AvgIpc) is 2.99. The SMILES string of the molecule is CC1(C)S[C@H]2N(C(=O)[C@@]2(CC=S)NC(=O)COc2ccccc2)[C@H]1C(=O)OCC(Cl)(Cl)Cl. The Kier molecular flexibility index (Phi) is 7.56. The van der Waals surface area contributed by atoms with Crippen LogP contribution in [0.4, 0.5) is 0 Å². The minimum Gasteiger partial charge on any atom is -0.484 e. The predicted octanol–water partition coefficient (Wildman–Crippen LogP) is 3.29. The quantitative estimate of drug-likeness (QED) is 0.235. The zero-order chi connectivity index (χ0) is 23.7. The fraction of sp³-hybridized carbons (Fsp3) is 0.500. The van der Waals surface area contributed by atoms with Gasteiger partial charge in [0, 0.05) is 11.2 Å². The number of halogens is 3. The summed E-state index contributed by atoms with van der Waals surface area (Å²) in [4.78, 5) is 40.1. The van der Waals surface area contributed by atoms with Crippen LogP contribution in [0.15, 0.2) is 30.3 Å². The number of amides is 2. The standard InChI is InChI=1S/C20H21Cl3N2O5S2/c1-18(2)14(15(27)30-11-20(21,22)23)25-16(28)19(8-9-31,17(25)32-18)24-13(26)10-29-12-6-4-3-5-7-12/h3-7,9,14,17H,8,10-11H2,1-2H3,(H,24,26)/t14-,17+,19+/m0/s1. The van der Waals surface area contributed by atoms with Crippen molar-refractivity contribution in [2.45, 2.75) is 45.8 Å². The molecule has 1 aromatic carbocycles. The lowest BCUT2D eigenvalue weighted by atomic mass is 9.82. The maximum absolute atomic E-state index is 13.3. The lowest BCUT2D eigenvalue weighted by Gasteiger charge is -2.53. The minimum atomic E-state index is -1.77. The smallest absolute Gasteiger partial charge is 0.330 e. The monoisotopic (exact) mass is 538 g/mol. The van der Waals surface area contributed by atoms with Gasteiger partial charge in [0.05, 0.1) is 0 Å². The Morgan fingerprint density at radius 3 is 2.53 bits per heavy atom. The fourth-order valence-electron chi connectivity index (χ4n) is 3.78. The first-order chi connectivity index (χ1) is 14.9. The molecule has 0 radical (unpaired) electrons. The number of thioether (sulfide) groups is 1. The van der Waals surface area contributed by atoms with E-state index in [2.05, 4.69) is 5.32 Å². The summed E-state index contributed by atoms with van der Waals surface area (Å²) < 4.78 is 8.15. The van der Waals surface area contributed by atoms with Gasteiger partial charge in [0.1, 0.15) is 23.8 Å². The molecule has 2 amide bonds. The number of fused-ring (bicyclic) bond motifs is 1. The number of ether oxygens (including phenoxy) is 2. The second kappa shape index (κ2) is 9.54. The molecular formula is C20H21Cl3N2O5S2. The van der Waals surface area contributed by atoms with E-state index in [1.54, 1.807) is 24.3 Å². The van der Waals surface area contributed by atoms with Gasteiger partial charge in [-0.25, -0.2) is 4.79 Å². The second-order valence-electron chi connectivity index (χ2n) is 7.90. The first-order valence-corrected chi connectivity index (χ1v) is 12.1. The largest absolute Gasteiger partial charge is 0.484 e. The van der Waals surface area contributed by atoms with Crippen molar-refractivity contribution in [2.75, 3.05) is 13.2 Å². The Morgan fingerprint density at radius 2 is 1.94 bits per heavy atom. The van der Waals surface area contributed by atoms with Crippen LogP contribution in [-0.2, 0) is 19.1 Å². The number of β-lactam (4-membered cyclic amide) rings is 1. The van der Waals surface area contributed by atoms with Crippen molar-refractivity contribution < 1.29 is 23.9 Å². The number of nitrogens with one attached hydrogen (secondary N) is 1. The molecule has 3 atom stereocenters. The molecule has 174 valence electrons. The van der Waals surface area contributed by atoms with E-state index >= 15 is 0 Å². The molecule has 0 aliphatic carbocycles. The van der Waals surface area contributed by atoms with Crippen molar-refractivity contribution in [3.8, 4) is 5.75 Å². The van der Waals surface area contributed by atoms with Crippen LogP contribution in [0, 0.1) is 0 Å². The maximum Gasteiger partial charge on any atom is 0.330 e. The third-order valence-corrected chi connectivity index (χ3v) is 7.30. The molecule has 0 aromatic heterocycles. The zero-order valence-electron chi connectivity index (χ0n) is 17.2. The Labute approximate surface area is 210 Å². The maximum atomic E-state index is 13.3. The highest BCUT2D eigenvalue weighted by molar-refractivity contribution is 8.01. The molecule has 12 heteroatoms. The summed E-state index contributed by atoms with van der Waals surface area (Å²) in [6, 6.07) is 7.93. The van der Waals surface area contributed by atoms with E-state index in [-0.39, 0.29) is 13.0 Å². The van der Waals surface area contributed by atoms with Gasteiger partial charge in [0.2, 0.25) is 3.79 Å². The van der Waals surface area contributed by atoms with Gasteiger partial charge >= 0.3 is 5.97 Å². The van der Waals surface area contributed by atoms with E-state index in [9.17, 15) is 14.4 Å². The number of rotatable bonds is 8. The Balaban J connectivity index is 1.74. The molecule has 2 saturated heterocycles. The Bertz CT molecular complexity index is 912. The lowest BCUT2D eigenvalue weighted by Crippen LogP contribution is -2.79. The number of alkyl halides is 3. The van der Waals surface area contributed by atoms with Crippen molar-refractivity contribution in [3.05, 3.63) is 30.3 Å². The third kappa shape index (κ3) is 5.12. The van der Waals surface area contributed by atoms with Gasteiger partial charge in [-0.15, -0.1) is 11.8 Å². The number of hydrogen-bond acceptors (Lipinski definition) is 7. The molecular weight excluding hydrogens is 519 g/mol. The van der Waals surface area contributed by atoms with Crippen LogP contribution in [0.3, 0.4) is 0 Å². The second-order valence-corrected chi connectivity index (χ2v) is 12.5. The van der Waals surface area contributed by atoms with Crippen LogP contribution in [-0.4, -0.2) is 66.8 Å². The van der Waals surface area contributed by atoms with E-state index in [0.29, 0.717) is 5.75 Å². The number of thiocarbonyl (C=S) groups is 1. The minimum absolute atomic E-state index is 0.123. The first-order valence-electron chi connectivity index (χ1n) is 9.58. The first kappa shape index (κ1) is 25.4. The van der Waals surface area contributed by atoms with Gasteiger partial charge in [0.15, 0.2) is 12.1 Å². The summed E-state index contributed by atoms with van der Waals surface area (Å²) in [5.41, 5.74) is -1.27. The molecule has 3 rings (SSSR count). The van der Waals surface area contributed by atoms with Crippen molar-refractivity contribution in [1.82, 2.24) is 10.2 Å². The molecule has 2 heterocycles. The molecule has 1 aromatic rings. The van der Waals surface area contributed by atoms with Crippen LogP contribution in [0.25, 0.3) is 0 Å². The average molecular weight is 540 g/mol. The number of benzene rings is 1. The number of nitrogens with zero attached hydrogens (tertiary/aromatic N) is 1. The Morgan fingerprint density at radius 1 is 1.28 bits per heavy atom. The predicted molar refractivity (Wildman–Crippen MR) is 128 cm³/mol. The number of hydrogen-bond donors (Lipinski definition) is 1. The molecule has 2 aliphatic rings. The van der Waals surface area contributed by atoms with E-state index in [4.69, 9.17) is 56.5 Å². The van der Waals surface area contributed by atoms with Crippen LogP contribution in [0.5, 0.6) is 5.75 Å². The van der Waals surface area contributed by atoms with Crippen molar-refractivity contribution in [2.24, 2.45) is 0 Å². The summed E-state index contributed by atoms with van der Waals surface area (Å²) in [7, 11) is 0. The van der Waals surface area contributed by atoms with Crippen LogP contribution < -0.4 is 10.1 Å². The van der Waals surface area contributed by atoms with Crippen LogP contribution >= 0.6 is 58.8 Å². The summed E-state index contributed by atoms with van der Waals surface area (Å²) in [6.07, 6.45) is 0.123. The lowest BCUT2D eigenvalue weighted by molar-refractivity contribution is -0.171. The molecule has 0 bridgehead atoms. The van der Waals surface area contributed by atoms with Gasteiger partial charge < -0.3 is 19.7 Å². The molecule has 7 nitrogen and oxygen atoms in total.